The topological polar surface area (TPSA) is 56.8 Å². The first kappa shape index (κ1) is 20.4. The third-order valence-corrected chi connectivity index (χ3v) is 4.48. The lowest BCUT2D eigenvalue weighted by Gasteiger charge is -2.27. The van der Waals surface area contributed by atoms with Crippen molar-refractivity contribution in [3.8, 4) is 11.5 Å². The average Bonchev–Trinajstić information content (AvgIpc) is 2.64. The molecular formula is C18H24F3NO4. The van der Waals surface area contributed by atoms with E-state index in [9.17, 15) is 18.0 Å². The maximum atomic E-state index is 12.3. The molecule has 0 atom stereocenters. The normalized spacial score (nSPS) is 20.5. The Morgan fingerprint density at radius 1 is 1.15 bits per heavy atom. The third-order valence-electron chi connectivity index (χ3n) is 4.48. The summed E-state index contributed by atoms with van der Waals surface area (Å²) < 4.78 is 51.5. The Balaban J connectivity index is 1.85. The summed E-state index contributed by atoms with van der Waals surface area (Å²) in [6.07, 6.45) is -1.06. The summed E-state index contributed by atoms with van der Waals surface area (Å²) in [5, 5.41) is 3.41. The molecule has 1 aliphatic carbocycles. The average molecular weight is 375 g/mol. The van der Waals surface area contributed by atoms with Crippen LogP contribution >= 0.6 is 0 Å². The van der Waals surface area contributed by atoms with Crippen molar-refractivity contribution >= 4 is 5.97 Å². The Morgan fingerprint density at radius 3 is 2.42 bits per heavy atom. The zero-order valence-electron chi connectivity index (χ0n) is 14.9. The van der Waals surface area contributed by atoms with Gasteiger partial charge in [0.15, 0.2) is 18.1 Å². The lowest BCUT2D eigenvalue weighted by atomic mass is 9.86. The van der Waals surface area contributed by atoms with Crippen molar-refractivity contribution in [1.82, 2.24) is 5.32 Å². The van der Waals surface area contributed by atoms with Gasteiger partial charge in [-0.2, -0.15) is 13.2 Å². The standard InChI is InChI=1S/C18H24F3NO4/c1-24-16-9-12(3-8-15(16)26-11-18(19,20)21)10-22-14-6-4-13(5-7-14)17(23)25-2/h3,8-9,13-14,22H,4-7,10-11H2,1-2H3. The molecule has 1 aromatic rings. The predicted octanol–water partition coefficient (Wildman–Crippen LogP) is 3.46. The molecule has 0 aromatic heterocycles. The van der Waals surface area contributed by atoms with E-state index in [1.165, 1.54) is 20.3 Å². The summed E-state index contributed by atoms with van der Waals surface area (Å²) in [5.74, 6) is 0.154. The molecule has 0 radical (unpaired) electrons. The Kier molecular flexibility index (Phi) is 7.14. The number of ether oxygens (including phenoxy) is 3. The van der Waals surface area contributed by atoms with Crippen LogP contribution in [0.15, 0.2) is 18.2 Å². The van der Waals surface area contributed by atoms with Crippen LogP contribution in [-0.4, -0.2) is 39.0 Å². The van der Waals surface area contributed by atoms with Crippen LogP contribution in [0.25, 0.3) is 0 Å². The first-order valence-electron chi connectivity index (χ1n) is 8.50. The molecule has 1 N–H and O–H groups in total. The van der Waals surface area contributed by atoms with E-state index in [-0.39, 0.29) is 23.4 Å². The lowest BCUT2D eigenvalue weighted by Crippen LogP contribution is -2.34. The van der Waals surface area contributed by atoms with Crippen molar-refractivity contribution in [2.45, 2.75) is 44.4 Å². The number of hydrogen-bond acceptors (Lipinski definition) is 5. The second kappa shape index (κ2) is 9.12. The van der Waals surface area contributed by atoms with E-state index in [4.69, 9.17) is 14.2 Å². The fourth-order valence-corrected chi connectivity index (χ4v) is 3.06. The highest BCUT2D eigenvalue weighted by atomic mass is 19.4. The van der Waals surface area contributed by atoms with Crippen molar-refractivity contribution in [2.24, 2.45) is 5.92 Å². The quantitative estimate of drug-likeness (QED) is 0.740. The van der Waals surface area contributed by atoms with E-state index in [0.717, 1.165) is 31.2 Å². The molecule has 0 bridgehead atoms. The van der Waals surface area contributed by atoms with Crippen LogP contribution in [0.1, 0.15) is 31.2 Å². The van der Waals surface area contributed by atoms with Gasteiger partial charge in [-0.3, -0.25) is 4.79 Å². The largest absolute Gasteiger partial charge is 0.493 e. The van der Waals surface area contributed by atoms with Gasteiger partial charge in [0.1, 0.15) is 0 Å². The van der Waals surface area contributed by atoms with Gasteiger partial charge >= 0.3 is 12.1 Å². The van der Waals surface area contributed by atoms with Crippen LogP contribution in [-0.2, 0) is 16.1 Å². The smallest absolute Gasteiger partial charge is 0.422 e. The second-order valence-corrected chi connectivity index (χ2v) is 6.34. The maximum Gasteiger partial charge on any atom is 0.422 e. The molecule has 5 nitrogen and oxygen atoms in total. The van der Waals surface area contributed by atoms with Crippen LogP contribution in [0, 0.1) is 5.92 Å². The number of alkyl halides is 3. The number of carbonyl (C=O) groups is 1. The number of rotatable bonds is 7. The minimum absolute atomic E-state index is 0.0248. The first-order valence-corrected chi connectivity index (χ1v) is 8.50. The Bertz CT molecular complexity index is 599. The molecule has 2 rings (SSSR count). The molecule has 146 valence electrons. The molecule has 1 fully saturated rings. The predicted molar refractivity (Wildman–Crippen MR) is 89.1 cm³/mol. The van der Waals surface area contributed by atoms with E-state index in [0.29, 0.717) is 12.6 Å². The zero-order chi connectivity index (χ0) is 19.2. The van der Waals surface area contributed by atoms with Crippen molar-refractivity contribution in [3.05, 3.63) is 23.8 Å². The Hall–Kier alpha value is -1.96. The maximum absolute atomic E-state index is 12.3. The summed E-state index contributed by atoms with van der Waals surface area (Å²) in [5.41, 5.74) is 0.885. The fraction of sp³-hybridized carbons (Fsp3) is 0.611. The van der Waals surface area contributed by atoms with Gasteiger partial charge in [0.05, 0.1) is 20.1 Å². The van der Waals surface area contributed by atoms with Crippen molar-refractivity contribution in [1.29, 1.82) is 0 Å². The molecule has 1 aromatic carbocycles. The van der Waals surface area contributed by atoms with Crippen molar-refractivity contribution < 1.29 is 32.2 Å². The van der Waals surface area contributed by atoms with Crippen LogP contribution in [0.2, 0.25) is 0 Å². The third kappa shape index (κ3) is 6.09. The van der Waals surface area contributed by atoms with E-state index in [1.807, 2.05) is 0 Å². The molecule has 1 aliphatic rings. The summed E-state index contributed by atoms with van der Waals surface area (Å²) in [6.45, 7) is -0.798. The number of carbonyl (C=O) groups excluding carboxylic acids is 1. The molecular weight excluding hydrogens is 351 g/mol. The van der Waals surface area contributed by atoms with Gasteiger partial charge in [0, 0.05) is 12.6 Å². The monoisotopic (exact) mass is 375 g/mol. The Morgan fingerprint density at radius 2 is 1.85 bits per heavy atom. The van der Waals surface area contributed by atoms with Crippen LogP contribution in [0.4, 0.5) is 13.2 Å². The van der Waals surface area contributed by atoms with Gasteiger partial charge in [-0.1, -0.05) is 6.07 Å². The van der Waals surface area contributed by atoms with Gasteiger partial charge in [-0.05, 0) is 43.4 Å². The number of esters is 1. The van der Waals surface area contributed by atoms with Gasteiger partial charge in [-0.15, -0.1) is 0 Å². The molecule has 0 amide bonds. The Labute approximate surface area is 150 Å². The molecule has 26 heavy (non-hydrogen) atoms. The molecule has 1 saturated carbocycles. The van der Waals surface area contributed by atoms with E-state index >= 15 is 0 Å². The van der Waals surface area contributed by atoms with Crippen molar-refractivity contribution in [2.75, 3.05) is 20.8 Å². The summed E-state index contributed by atoms with van der Waals surface area (Å²) in [4.78, 5) is 11.5. The molecule has 0 unspecified atom stereocenters. The summed E-state index contributed by atoms with van der Waals surface area (Å²) >= 11 is 0. The molecule has 0 heterocycles. The SMILES string of the molecule is COC(=O)C1CCC(NCc2ccc(OCC(F)(F)F)c(OC)c2)CC1. The number of hydrogen-bond donors (Lipinski definition) is 1. The van der Waals surface area contributed by atoms with E-state index in [1.54, 1.807) is 12.1 Å². The number of nitrogens with one attached hydrogen (secondary N) is 1. The number of benzene rings is 1. The summed E-state index contributed by atoms with van der Waals surface area (Å²) in [6, 6.07) is 5.15. The van der Waals surface area contributed by atoms with Gasteiger partial charge < -0.3 is 19.5 Å². The molecule has 0 spiro atoms. The molecule has 0 saturated heterocycles. The summed E-state index contributed by atoms with van der Waals surface area (Å²) in [7, 11) is 2.79. The van der Waals surface area contributed by atoms with E-state index < -0.39 is 12.8 Å². The van der Waals surface area contributed by atoms with Crippen LogP contribution < -0.4 is 14.8 Å². The number of methoxy groups -OCH3 is 2. The van der Waals surface area contributed by atoms with E-state index in [2.05, 4.69) is 5.32 Å². The minimum atomic E-state index is -4.39. The van der Waals surface area contributed by atoms with Crippen molar-refractivity contribution in [3.63, 3.8) is 0 Å². The van der Waals surface area contributed by atoms with Gasteiger partial charge in [-0.25, -0.2) is 0 Å². The minimum Gasteiger partial charge on any atom is -0.493 e. The molecule has 0 aliphatic heterocycles. The van der Waals surface area contributed by atoms with Gasteiger partial charge in [0.25, 0.3) is 0 Å². The van der Waals surface area contributed by atoms with Gasteiger partial charge in [0.2, 0.25) is 0 Å². The first-order chi connectivity index (χ1) is 12.3. The fourth-order valence-electron chi connectivity index (χ4n) is 3.06. The van der Waals surface area contributed by atoms with Crippen LogP contribution in [0.5, 0.6) is 11.5 Å². The lowest BCUT2D eigenvalue weighted by molar-refractivity contribution is -0.153. The van der Waals surface area contributed by atoms with Crippen LogP contribution in [0.3, 0.4) is 0 Å². The zero-order valence-corrected chi connectivity index (χ0v) is 14.9. The molecule has 8 heteroatoms. The highest BCUT2D eigenvalue weighted by Gasteiger charge is 2.29. The second-order valence-electron chi connectivity index (χ2n) is 6.34. The number of halogens is 3. The highest BCUT2D eigenvalue weighted by molar-refractivity contribution is 5.72. The highest BCUT2D eigenvalue weighted by Crippen LogP contribution is 2.30.